The molecule has 2 amide bonds. The Hall–Kier alpha value is -2.62. The van der Waals surface area contributed by atoms with E-state index in [2.05, 4.69) is 10.6 Å². The summed E-state index contributed by atoms with van der Waals surface area (Å²) in [6.07, 6.45) is 1.59. The zero-order valence-corrected chi connectivity index (χ0v) is 11.1. The molecule has 0 radical (unpaired) electrons. The van der Waals surface area contributed by atoms with Gasteiger partial charge in [0.15, 0.2) is 0 Å². The summed E-state index contributed by atoms with van der Waals surface area (Å²) in [5, 5.41) is 22.6. The average Bonchev–Trinajstić information content (AvgIpc) is 3.21. The van der Waals surface area contributed by atoms with Gasteiger partial charge < -0.3 is 15.7 Å². The molecule has 0 spiro atoms. The molecule has 110 valence electrons. The van der Waals surface area contributed by atoms with E-state index in [4.69, 9.17) is 10.4 Å². The van der Waals surface area contributed by atoms with Crippen molar-refractivity contribution in [1.82, 2.24) is 5.32 Å². The minimum Gasteiger partial charge on any atom is -0.481 e. The second-order valence-corrected chi connectivity index (χ2v) is 4.91. The van der Waals surface area contributed by atoms with Crippen molar-refractivity contribution in [2.24, 2.45) is 5.92 Å². The zero-order chi connectivity index (χ0) is 15.4. The number of rotatable bonds is 5. The third kappa shape index (κ3) is 3.92. The Bertz CT molecular complexity index is 608. The normalized spacial score (nSPS) is 14.9. The molecule has 0 bridgehead atoms. The summed E-state index contributed by atoms with van der Waals surface area (Å²) >= 11 is 0. The van der Waals surface area contributed by atoms with Crippen molar-refractivity contribution in [3.63, 3.8) is 0 Å². The van der Waals surface area contributed by atoms with Crippen LogP contribution >= 0.6 is 0 Å². The van der Waals surface area contributed by atoms with Gasteiger partial charge in [0.2, 0.25) is 0 Å². The van der Waals surface area contributed by atoms with Crippen LogP contribution < -0.4 is 10.6 Å². The van der Waals surface area contributed by atoms with Crippen molar-refractivity contribution < 1.29 is 19.1 Å². The standard InChI is InChI=1S/C14H14FN3O3/c15-10-2-1-3-11(9(10)7-16)17-14(21)18-12(6-13(19)20)8-4-5-8/h1-3,8,12H,4-6H2,(H,19,20)(H2,17,18,21). The van der Waals surface area contributed by atoms with E-state index < -0.39 is 23.9 Å². The number of carbonyl (C=O) groups is 2. The van der Waals surface area contributed by atoms with Gasteiger partial charge in [-0.15, -0.1) is 0 Å². The van der Waals surface area contributed by atoms with Gasteiger partial charge in [-0.25, -0.2) is 9.18 Å². The molecule has 1 saturated carbocycles. The fourth-order valence-electron chi connectivity index (χ4n) is 2.09. The molecular formula is C14H14FN3O3. The first kappa shape index (κ1) is 14.8. The molecule has 0 aromatic heterocycles. The van der Waals surface area contributed by atoms with Gasteiger partial charge >= 0.3 is 12.0 Å². The van der Waals surface area contributed by atoms with Crippen molar-refractivity contribution >= 4 is 17.7 Å². The van der Waals surface area contributed by atoms with E-state index >= 15 is 0 Å². The third-order valence-corrected chi connectivity index (χ3v) is 3.28. The molecule has 7 heteroatoms. The van der Waals surface area contributed by atoms with Crippen molar-refractivity contribution in [2.75, 3.05) is 5.32 Å². The number of urea groups is 1. The van der Waals surface area contributed by atoms with Gasteiger partial charge in [-0.1, -0.05) is 6.07 Å². The number of halogens is 1. The highest BCUT2D eigenvalue weighted by molar-refractivity contribution is 5.91. The lowest BCUT2D eigenvalue weighted by Crippen LogP contribution is -2.40. The van der Waals surface area contributed by atoms with E-state index in [-0.39, 0.29) is 23.6 Å². The summed E-state index contributed by atoms with van der Waals surface area (Å²) in [7, 11) is 0. The summed E-state index contributed by atoms with van der Waals surface area (Å²) in [5.41, 5.74) is -0.200. The van der Waals surface area contributed by atoms with Crippen molar-refractivity contribution in [3.05, 3.63) is 29.6 Å². The SMILES string of the molecule is N#Cc1c(F)cccc1NC(=O)NC(CC(=O)O)C1CC1. The fourth-order valence-corrected chi connectivity index (χ4v) is 2.09. The Morgan fingerprint density at radius 3 is 2.76 bits per heavy atom. The molecule has 1 unspecified atom stereocenters. The minimum atomic E-state index is -0.990. The van der Waals surface area contributed by atoms with Crippen LogP contribution in [0.5, 0.6) is 0 Å². The number of amides is 2. The monoisotopic (exact) mass is 291 g/mol. The predicted molar refractivity (Wildman–Crippen MR) is 72.0 cm³/mol. The van der Waals surface area contributed by atoms with E-state index in [9.17, 15) is 14.0 Å². The topological polar surface area (TPSA) is 102 Å². The van der Waals surface area contributed by atoms with Crippen LogP contribution in [0.25, 0.3) is 0 Å². The van der Waals surface area contributed by atoms with Gasteiger partial charge in [-0.3, -0.25) is 4.79 Å². The molecule has 1 atom stereocenters. The highest BCUT2D eigenvalue weighted by atomic mass is 19.1. The lowest BCUT2D eigenvalue weighted by Gasteiger charge is -2.17. The maximum Gasteiger partial charge on any atom is 0.319 e. The Morgan fingerprint density at radius 1 is 1.48 bits per heavy atom. The molecule has 0 heterocycles. The van der Waals surface area contributed by atoms with Crippen molar-refractivity contribution in [2.45, 2.75) is 25.3 Å². The van der Waals surface area contributed by atoms with Crippen molar-refractivity contribution in [3.8, 4) is 6.07 Å². The molecule has 1 aliphatic rings. The largest absolute Gasteiger partial charge is 0.481 e. The number of nitriles is 1. The van der Waals surface area contributed by atoms with Gasteiger partial charge in [0.05, 0.1) is 12.1 Å². The number of benzene rings is 1. The van der Waals surface area contributed by atoms with Crippen LogP contribution in [0.15, 0.2) is 18.2 Å². The maximum absolute atomic E-state index is 13.4. The minimum absolute atomic E-state index is 0.0554. The summed E-state index contributed by atoms with van der Waals surface area (Å²) < 4.78 is 13.4. The number of hydrogen-bond acceptors (Lipinski definition) is 3. The maximum atomic E-state index is 13.4. The van der Waals surface area contributed by atoms with Gasteiger partial charge in [-0.2, -0.15) is 5.26 Å². The zero-order valence-electron chi connectivity index (χ0n) is 11.1. The molecule has 1 aromatic carbocycles. The van der Waals surface area contributed by atoms with Gasteiger partial charge in [0.25, 0.3) is 0 Å². The first-order valence-corrected chi connectivity index (χ1v) is 6.49. The smallest absolute Gasteiger partial charge is 0.319 e. The molecule has 21 heavy (non-hydrogen) atoms. The van der Waals surface area contributed by atoms with E-state index in [1.54, 1.807) is 6.07 Å². The second-order valence-electron chi connectivity index (χ2n) is 4.91. The average molecular weight is 291 g/mol. The molecule has 1 aliphatic carbocycles. The highest BCUT2D eigenvalue weighted by Crippen LogP contribution is 2.34. The Kier molecular flexibility index (Phi) is 4.38. The van der Waals surface area contributed by atoms with Crippen LogP contribution in [0.1, 0.15) is 24.8 Å². The molecule has 0 aliphatic heterocycles. The van der Waals surface area contributed by atoms with Gasteiger partial charge in [0.1, 0.15) is 17.4 Å². The summed E-state index contributed by atoms with van der Waals surface area (Å²) in [6, 6.07) is 4.49. The first-order chi connectivity index (χ1) is 10.0. The highest BCUT2D eigenvalue weighted by Gasteiger charge is 2.33. The summed E-state index contributed by atoms with van der Waals surface area (Å²) in [6.45, 7) is 0. The molecule has 6 nitrogen and oxygen atoms in total. The number of carboxylic acid groups (broad SMARTS) is 1. The number of nitrogens with one attached hydrogen (secondary N) is 2. The van der Waals surface area contributed by atoms with Crippen LogP contribution in [-0.4, -0.2) is 23.1 Å². The van der Waals surface area contributed by atoms with Gasteiger partial charge in [-0.05, 0) is 30.9 Å². The number of anilines is 1. The van der Waals surface area contributed by atoms with E-state index in [0.717, 1.165) is 18.9 Å². The van der Waals surface area contributed by atoms with Crippen molar-refractivity contribution in [1.29, 1.82) is 5.26 Å². The van der Waals surface area contributed by atoms with Gasteiger partial charge in [0, 0.05) is 6.04 Å². The number of nitrogens with zero attached hydrogens (tertiary/aromatic N) is 1. The molecular weight excluding hydrogens is 277 g/mol. The van der Waals surface area contributed by atoms with Crippen LogP contribution in [0.4, 0.5) is 14.9 Å². The molecule has 3 N–H and O–H groups in total. The quantitative estimate of drug-likeness (QED) is 0.772. The van der Waals surface area contributed by atoms with E-state index in [1.807, 2.05) is 0 Å². The predicted octanol–water partition coefficient (Wildman–Crippen LogP) is 2.07. The Labute approximate surface area is 120 Å². The van der Waals surface area contributed by atoms with E-state index in [0.29, 0.717) is 0 Å². The lowest BCUT2D eigenvalue weighted by molar-refractivity contribution is -0.137. The first-order valence-electron chi connectivity index (χ1n) is 6.49. The summed E-state index contributed by atoms with van der Waals surface area (Å²) in [5.74, 6) is -1.55. The van der Waals surface area contributed by atoms with Crippen LogP contribution in [0, 0.1) is 23.1 Å². The van der Waals surface area contributed by atoms with E-state index in [1.165, 1.54) is 12.1 Å². The van der Waals surface area contributed by atoms with Crippen LogP contribution in [0.2, 0.25) is 0 Å². The molecule has 0 saturated heterocycles. The fraction of sp³-hybridized carbons (Fsp3) is 0.357. The molecule has 1 fully saturated rings. The second kappa shape index (κ2) is 6.22. The van der Waals surface area contributed by atoms with Crippen LogP contribution in [0.3, 0.4) is 0 Å². The molecule has 1 aromatic rings. The third-order valence-electron chi connectivity index (χ3n) is 3.28. The number of carbonyl (C=O) groups excluding carboxylic acids is 1. The Balaban J connectivity index is 2.03. The lowest BCUT2D eigenvalue weighted by atomic mass is 10.1. The number of carboxylic acids is 1. The number of hydrogen-bond donors (Lipinski definition) is 3. The Morgan fingerprint density at radius 2 is 2.19 bits per heavy atom. The number of aliphatic carboxylic acids is 1. The summed E-state index contributed by atoms with van der Waals surface area (Å²) in [4.78, 5) is 22.6. The molecule has 2 rings (SSSR count). The van der Waals surface area contributed by atoms with Crippen LogP contribution in [-0.2, 0) is 4.79 Å².